The van der Waals surface area contributed by atoms with Crippen molar-refractivity contribution in [1.29, 1.82) is 0 Å². The highest BCUT2D eigenvalue weighted by Gasteiger charge is 2.26. The summed E-state index contributed by atoms with van der Waals surface area (Å²) in [6, 6.07) is 12.6. The fraction of sp³-hybridized carbons (Fsp3) is 0.484. The lowest BCUT2D eigenvalue weighted by atomic mass is 10.1. The highest BCUT2D eigenvalue weighted by atomic mass is 79.9. The smallest absolute Gasteiger partial charge is 0.537 e. The lowest BCUT2D eigenvalue weighted by Crippen LogP contribution is -2.42. The van der Waals surface area contributed by atoms with Crippen LogP contribution in [-0.4, -0.2) is 175 Å². The van der Waals surface area contributed by atoms with Crippen LogP contribution in [-0.2, 0) is 43.5 Å². The third-order valence-corrected chi connectivity index (χ3v) is 20.3. The van der Waals surface area contributed by atoms with Crippen molar-refractivity contribution < 1.29 is 69.7 Å². The Morgan fingerprint density at radius 3 is 1.41 bits per heavy atom. The van der Waals surface area contributed by atoms with E-state index in [4.69, 9.17) is 30.8 Å². The van der Waals surface area contributed by atoms with Gasteiger partial charge in [0.05, 0.1) is 35.1 Å². The zero-order valence-corrected chi connectivity index (χ0v) is 62.5. The van der Waals surface area contributed by atoms with E-state index in [2.05, 4.69) is 86.5 Å². The molecule has 0 atom stereocenters. The molecule has 0 spiro atoms. The van der Waals surface area contributed by atoms with Crippen LogP contribution in [0.5, 0.6) is 17.5 Å². The number of fused-ring (bicyclic) bond motifs is 3. The molecule has 2 aromatic carbocycles. The fourth-order valence-corrected chi connectivity index (χ4v) is 13.8. The highest BCUT2D eigenvalue weighted by molar-refractivity contribution is 9.11. The van der Waals surface area contributed by atoms with E-state index in [1.54, 1.807) is 46.0 Å². The number of piperidine rings is 3. The maximum absolute atomic E-state index is 11.6. The summed E-state index contributed by atoms with van der Waals surface area (Å²) in [5, 5.41) is 30.7. The minimum atomic E-state index is -3.20. The van der Waals surface area contributed by atoms with Crippen LogP contribution in [0.4, 0.5) is 4.79 Å². The summed E-state index contributed by atoms with van der Waals surface area (Å²) >= 11 is 17.4. The number of amides is 1. The number of aliphatic hydroxyl groups excluding tert-OH is 1. The van der Waals surface area contributed by atoms with Gasteiger partial charge in [0.25, 0.3) is 12.9 Å². The Morgan fingerprint density at radius 1 is 0.608 bits per heavy atom. The summed E-state index contributed by atoms with van der Waals surface area (Å²) in [6.07, 6.45) is 12.1. The number of hydrogen-bond donors (Lipinski definition) is 4. The molecule has 33 heteroatoms. The summed E-state index contributed by atoms with van der Waals surface area (Å²) in [4.78, 5) is 58.1. The van der Waals surface area contributed by atoms with E-state index in [-0.39, 0.29) is 55.4 Å². The lowest BCUT2D eigenvalue weighted by Gasteiger charge is -2.31. The van der Waals surface area contributed by atoms with E-state index >= 15 is 0 Å². The topological polar surface area (TPSA) is 320 Å². The molecule has 8 aromatic rings. The lowest BCUT2D eigenvalue weighted by molar-refractivity contribution is -0.139. The molecule has 24 nitrogen and oxygen atoms in total. The van der Waals surface area contributed by atoms with Crippen LogP contribution in [0, 0.1) is 0 Å². The van der Waals surface area contributed by atoms with Crippen LogP contribution in [0.25, 0.3) is 41.8 Å². The third kappa shape index (κ3) is 29.9. The molecule has 3 aliphatic heterocycles. The predicted octanol–water partition coefficient (Wildman–Crippen LogP) is 13.1. The van der Waals surface area contributed by atoms with Gasteiger partial charge in [0.15, 0.2) is 19.7 Å². The number of carbonyl (C=O) groups is 3. The molecular formula is C64H88BBr2ClN9O15S5. The molecule has 0 saturated carbocycles. The van der Waals surface area contributed by atoms with Crippen molar-refractivity contribution in [2.45, 2.75) is 161 Å². The quantitative estimate of drug-likeness (QED) is 0.0404. The standard InChI is InChI=1S/C18H19N3O3S2.C11H12BrN3OS.C10H19NO3.C7H8BO4S.C6H2BrClN2S.2C5H10O2.2CH4/c1-26(22,23)14-4-2-12(3-5-14)15-10-25-17-16(15)20-11-21-18(17)24-13-6-8-19-9-7-13;12-8-5-17-10-9(8)14-6-15-11(10)16-7-1-3-13-4-2-7;1-10(2,3)14-9(13)11-6-4-8(12)5-7-11;1-13(10,11)7-4-2-6(3-5-7)12-8-9;7-3-1-11-5-4(3)9-2-10-6(5)8;2*1-5(2,3)7-4-6;;/h2-5,10-11,13,19H,6-9H2,1H3;5-7,13H,1-4H2;8,12H,4-7H2,1-3H3;2-5,9H,1H3;1-2H;2*4H,1-3H3;2*1H4. The minimum absolute atomic E-state index is 0. The van der Waals surface area contributed by atoms with Crippen molar-refractivity contribution in [2.24, 2.45) is 0 Å². The van der Waals surface area contributed by atoms with Crippen molar-refractivity contribution in [1.82, 2.24) is 45.4 Å². The van der Waals surface area contributed by atoms with Crippen molar-refractivity contribution in [2.75, 3.05) is 51.8 Å². The minimum Gasteiger partial charge on any atom is -0.537 e. The van der Waals surface area contributed by atoms with Gasteiger partial charge >= 0.3 is 13.8 Å². The normalized spacial score (nSPS) is 14.4. The van der Waals surface area contributed by atoms with Gasteiger partial charge in [-0.25, -0.2) is 51.5 Å². The van der Waals surface area contributed by atoms with Gasteiger partial charge < -0.3 is 54.0 Å². The number of carbonyl (C=O) groups excluding carboxylic acids is 3. The highest BCUT2D eigenvalue weighted by Crippen LogP contribution is 2.38. The Bertz CT molecular complexity index is 3910. The van der Waals surface area contributed by atoms with E-state index in [9.17, 15) is 36.3 Å². The number of nitrogens with one attached hydrogen (secondary N) is 2. The number of likely N-dealkylation sites (tertiary alicyclic amines) is 1. The summed E-state index contributed by atoms with van der Waals surface area (Å²) < 4.78 is 81.2. The fourth-order valence-electron chi connectivity index (χ4n) is 8.31. The zero-order chi connectivity index (χ0) is 70.2. The maximum atomic E-state index is 11.6. The van der Waals surface area contributed by atoms with Gasteiger partial charge in [-0.1, -0.05) is 38.6 Å². The molecule has 0 unspecified atom stereocenters. The van der Waals surface area contributed by atoms with Crippen LogP contribution in [0.2, 0.25) is 5.15 Å². The number of thiophene rings is 3. The van der Waals surface area contributed by atoms with Crippen LogP contribution in [0.15, 0.2) is 102 Å². The number of aromatic nitrogens is 6. The second-order valence-electron chi connectivity index (χ2n) is 24.1. The van der Waals surface area contributed by atoms with E-state index in [1.807, 2.05) is 90.6 Å². The molecule has 97 heavy (non-hydrogen) atoms. The van der Waals surface area contributed by atoms with E-state index in [0.29, 0.717) is 68.2 Å². The molecule has 3 aliphatic rings. The number of sulfone groups is 2. The van der Waals surface area contributed by atoms with Crippen molar-refractivity contribution in [3.8, 4) is 28.6 Å². The first-order valence-electron chi connectivity index (χ1n) is 29.7. The first-order chi connectivity index (χ1) is 44.7. The predicted molar refractivity (Wildman–Crippen MR) is 393 cm³/mol. The van der Waals surface area contributed by atoms with Gasteiger partial charge in [-0.15, -0.1) is 34.0 Å². The number of rotatable bonds is 11. The van der Waals surface area contributed by atoms with Gasteiger partial charge in [-0.05, 0) is 201 Å². The monoisotopic (exact) mass is 1590 g/mol. The average molecular weight is 1590 g/mol. The molecule has 0 bridgehead atoms. The van der Waals surface area contributed by atoms with Gasteiger partial charge in [-0.3, -0.25) is 9.59 Å². The third-order valence-electron chi connectivity index (χ3n) is 12.9. The van der Waals surface area contributed by atoms with Gasteiger partial charge in [0, 0.05) is 47.3 Å². The first kappa shape index (κ1) is 85.4. The molecule has 1 amide bonds. The average Bonchev–Trinajstić information content (AvgIpc) is 1.68. The Balaban J connectivity index is 0.000000307. The number of aliphatic hydroxyl groups is 1. The summed E-state index contributed by atoms with van der Waals surface area (Å²) in [7, 11) is -5.83. The largest absolute Gasteiger partial charge is 0.569 e. The molecule has 9 heterocycles. The van der Waals surface area contributed by atoms with Crippen molar-refractivity contribution in [3.05, 3.63) is 97.8 Å². The Labute approximate surface area is 603 Å². The molecule has 533 valence electrons. The number of ether oxygens (including phenoxy) is 5. The molecular weight excluding hydrogens is 1500 g/mol. The number of benzene rings is 2. The Hall–Kier alpha value is -5.78. The van der Waals surface area contributed by atoms with E-state index in [1.165, 1.54) is 54.5 Å². The Kier molecular flexibility index (Phi) is 35.6. The van der Waals surface area contributed by atoms with Crippen LogP contribution >= 0.6 is 77.5 Å². The van der Waals surface area contributed by atoms with Crippen LogP contribution < -0.4 is 24.8 Å². The SMILES string of the molecule is Brc1csc2c(OC3CCNCC3)ncnc12.C.C.CC(C)(C)OC(=O)N1CCC(O)CC1.CC(C)(C)OC=O.CC(C)(C)OC=O.CS(=O)(=O)c1ccc(-c2csc3c(OC4CCNCC4)ncnc23)cc1.CS(=O)(=O)c1ccc(O[B]O)cc1.Clc1ncnc2c(Br)csc12. The second kappa shape index (κ2) is 40.5. The van der Waals surface area contributed by atoms with Gasteiger partial charge in [0.1, 0.15) is 79.3 Å². The molecule has 0 aliphatic carbocycles. The summed E-state index contributed by atoms with van der Waals surface area (Å²) in [6.45, 7) is 22.5. The Morgan fingerprint density at radius 2 is 1.01 bits per heavy atom. The van der Waals surface area contributed by atoms with Crippen LogP contribution in [0.3, 0.4) is 0 Å². The van der Waals surface area contributed by atoms with E-state index in [0.717, 1.165) is 115 Å². The van der Waals surface area contributed by atoms with Crippen molar-refractivity contribution in [3.63, 3.8) is 0 Å². The maximum Gasteiger partial charge on any atom is 0.569 e. The van der Waals surface area contributed by atoms with Crippen LogP contribution in [0.1, 0.15) is 116 Å². The molecule has 3 fully saturated rings. The molecule has 11 rings (SSSR count). The number of nitrogens with zero attached hydrogens (tertiary/aromatic N) is 7. The molecule has 3 saturated heterocycles. The molecule has 6 aromatic heterocycles. The van der Waals surface area contributed by atoms with E-state index < -0.39 is 25.3 Å². The van der Waals surface area contributed by atoms with Gasteiger partial charge in [-0.2, -0.15) is 0 Å². The number of hydrogen-bond acceptors (Lipinski definition) is 26. The first-order valence-corrected chi connectivity index (χ1v) is 38.1. The zero-order valence-electron chi connectivity index (χ0n) is 54.5. The summed E-state index contributed by atoms with van der Waals surface area (Å²) in [5.74, 6) is 1.73. The van der Waals surface area contributed by atoms with Gasteiger partial charge in [0.2, 0.25) is 11.8 Å². The second-order valence-corrected chi connectivity index (χ2v) is 32.9. The molecule has 4 N–H and O–H groups in total. The molecule has 1 radical (unpaired) electrons. The number of halogens is 3. The summed E-state index contributed by atoms with van der Waals surface area (Å²) in [5.41, 5.74) is 3.47. The van der Waals surface area contributed by atoms with Crippen molar-refractivity contribution >= 4 is 155 Å².